The molecule has 2 amide bonds. The number of rotatable bonds is 6. The molecular weight excluding hydrogens is 232 g/mol. The molecular formula is C13H18N2O3. The zero-order valence-electron chi connectivity index (χ0n) is 10.6. The first-order valence-corrected chi connectivity index (χ1v) is 5.77. The SMILES string of the molecule is CC[C@@H](NC(=O)[C@H](OC)c1ccccc1)C(N)=O. The van der Waals surface area contributed by atoms with Crippen LogP contribution in [-0.4, -0.2) is 25.0 Å². The van der Waals surface area contributed by atoms with Crippen LogP contribution in [-0.2, 0) is 14.3 Å². The number of carbonyl (C=O) groups excluding carboxylic acids is 2. The third-order valence-electron chi connectivity index (χ3n) is 2.64. The molecule has 3 N–H and O–H groups in total. The van der Waals surface area contributed by atoms with E-state index in [1.165, 1.54) is 7.11 Å². The second-order valence-corrected chi connectivity index (χ2v) is 3.90. The van der Waals surface area contributed by atoms with Crippen LogP contribution in [0.5, 0.6) is 0 Å². The Morgan fingerprint density at radius 2 is 1.94 bits per heavy atom. The number of ether oxygens (including phenoxy) is 1. The fourth-order valence-corrected chi connectivity index (χ4v) is 1.64. The van der Waals surface area contributed by atoms with Gasteiger partial charge in [-0.2, -0.15) is 0 Å². The Bertz CT molecular complexity index is 406. The molecule has 0 aliphatic carbocycles. The fourth-order valence-electron chi connectivity index (χ4n) is 1.64. The molecule has 2 atom stereocenters. The highest BCUT2D eigenvalue weighted by atomic mass is 16.5. The van der Waals surface area contributed by atoms with Gasteiger partial charge in [-0.15, -0.1) is 0 Å². The van der Waals surface area contributed by atoms with Gasteiger partial charge in [0.15, 0.2) is 6.10 Å². The number of carbonyl (C=O) groups is 2. The van der Waals surface area contributed by atoms with Gasteiger partial charge in [0.2, 0.25) is 5.91 Å². The van der Waals surface area contributed by atoms with Gasteiger partial charge in [-0.1, -0.05) is 37.3 Å². The summed E-state index contributed by atoms with van der Waals surface area (Å²) in [6.07, 6.45) is -0.286. The molecule has 1 aromatic rings. The number of hydrogen-bond donors (Lipinski definition) is 2. The van der Waals surface area contributed by atoms with E-state index < -0.39 is 18.1 Å². The molecule has 0 aliphatic heterocycles. The smallest absolute Gasteiger partial charge is 0.254 e. The van der Waals surface area contributed by atoms with Gasteiger partial charge >= 0.3 is 0 Å². The van der Waals surface area contributed by atoms with E-state index >= 15 is 0 Å². The molecule has 0 heterocycles. The summed E-state index contributed by atoms with van der Waals surface area (Å²) in [6.45, 7) is 1.78. The summed E-state index contributed by atoms with van der Waals surface area (Å²) in [4.78, 5) is 23.1. The third kappa shape index (κ3) is 3.56. The lowest BCUT2D eigenvalue weighted by Crippen LogP contribution is -2.46. The van der Waals surface area contributed by atoms with E-state index in [-0.39, 0.29) is 5.91 Å². The van der Waals surface area contributed by atoms with Gasteiger partial charge in [-0.25, -0.2) is 0 Å². The molecule has 0 bridgehead atoms. The Labute approximate surface area is 106 Å². The van der Waals surface area contributed by atoms with Crippen molar-refractivity contribution in [3.63, 3.8) is 0 Å². The van der Waals surface area contributed by atoms with Crippen molar-refractivity contribution >= 4 is 11.8 Å². The first-order chi connectivity index (χ1) is 8.60. The van der Waals surface area contributed by atoms with Crippen LogP contribution in [0.3, 0.4) is 0 Å². The quantitative estimate of drug-likeness (QED) is 0.781. The summed E-state index contributed by atoms with van der Waals surface area (Å²) in [6, 6.07) is 8.41. The summed E-state index contributed by atoms with van der Waals surface area (Å²) in [7, 11) is 1.45. The predicted octanol–water partition coefficient (Wildman–Crippen LogP) is 0.754. The molecule has 0 radical (unpaired) electrons. The Balaban J connectivity index is 2.78. The Hall–Kier alpha value is -1.88. The van der Waals surface area contributed by atoms with Crippen molar-refractivity contribution in [2.24, 2.45) is 5.73 Å². The molecule has 98 valence electrons. The van der Waals surface area contributed by atoms with E-state index in [0.29, 0.717) is 6.42 Å². The van der Waals surface area contributed by atoms with Crippen LogP contribution < -0.4 is 11.1 Å². The summed E-state index contributed by atoms with van der Waals surface area (Å²) in [5, 5.41) is 2.58. The van der Waals surface area contributed by atoms with Crippen molar-refractivity contribution in [1.29, 1.82) is 0 Å². The van der Waals surface area contributed by atoms with Crippen LogP contribution in [0.4, 0.5) is 0 Å². The number of nitrogens with one attached hydrogen (secondary N) is 1. The maximum Gasteiger partial charge on any atom is 0.254 e. The largest absolute Gasteiger partial charge is 0.368 e. The minimum absolute atomic E-state index is 0.366. The van der Waals surface area contributed by atoms with Crippen molar-refractivity contribution in [2.75, 3.05) is 7.11 Å². The topological polar surface area (TPSA) is 81.4 Å². The van der Waals surface area contributed by atoms with Crippen molar-refractivity contribution in [3.05, 3.63) is 35.9 Å². The highest BCUT2D eigenvalue weighted by Crippen LogP contribution is 2.16. The summed E-state index contributed by atoms with van der Waals surface area (Å²) in [5.41, 5.74) is 5.91. The summed E-state index contributed by atoms with van der Waals surface area (Å²) < 4.78 is 5.16. The van der Waals surface area contributed by atoms with E-state index in [4.69, 9.17) is 10.5 Å². The van der Waals surface area contributed by atoms with E-state index in [9.17, 15) is 9.59 Å². The number of amides is 2. The van der Waals surface area contributed by atoms with Crippen LogP contribution in [0.2, 0.25) is 0 Å². The Morgan fingerprint density at radius 1 is 1.33 bits per heavy atom. The number of methoxy groups -OCH3 is 1. The van der Waals surface area contributed by atoms with Crippen molar-refractivity contribution in [3.8, 4) is 0 Å². The van der Waals surface area contributed by atoms with Gasteiger partial charge in [0.05, 0.1) is 0 Å². The average molecular weight is 250 g/mol. The molecule has 0 fully saturated rings. The molecule has 0 unspecified atom stereocenters. The lowest BCUT2D eigenvalue weighted by molar-refractivity contribution is -0.135. The minimum Gasteiger partial charge on any atom is -0.368 e. The van der Waals surface area contributed by atoms with Crippen LogP contribution in [0, 0.1) is 0 Å². The maximum atomic E-state index is 12.0. The zero-order valence-corrected chi connectivity index (χ0v) is 10.6. The monoisotopic (exact) mass is 250 g/mol. The molecule has 1 aromatic carbocycles. The van der Waals surface area contributed by atoms with Crippen LogP contribution in [0.15, 0.2) is 30.3 Å². The van der Waals surface area contributed by atoms with Gasteiger partial charge in [0, 0.05) is 7.11 Å². The van der Waals surface area contributed by atoms with Crippen molar-refractivity contribution < 1.29 is 14.3 Å². The number of primary amides is 1. The lowest BCUT2D eigenvalue weighted by atomic mass is 10.1. The second-order valence-electron chi connectivity index (χ2n) is 3.90. The fraction of sp³-hybridized carbons (Fsp3) is 0.385. The number of hydrogen-bond acceptors (Lipinski definition) is 3. The highest BCUT2D eigenvalue weighted by molar-refractivity contribution is 5.89. The standard InChI is InChI=1S/C13H18N2O3/c1-3-10(12(14)16)15-13(17)11(18-2)9-7-5-4-6-8-9/h4-8,10-11H,3H2,1-2H3,(H2,14,16)(H,15,17)/t10-,11-/m1/s1. The summed E-state index contributed by atoms with van der Waals surface area (Å²) in [5.74, 6) is -0.914. The number of nitrogens with two attached hydrogens (primary N) is 1. The first-order valence-electron chi connectivity index (χ1n) is 5.77. The Kier molecular flexibility index (Phi) is 5.32. The maximum absolute atomic E-state index is 12.0. The highest BCUT2D eigenvalue weighted by Gasteiger charge is 2.24. The molecule has 0 aliphatic rings. The van der Waals surface area contributed by atoms with Gasteiger partial charge in [0.25, 0.3) is 5.91 Å². The first kappa shape index (κ1) is 14.2. The Morgan fingerprint density at radius 3 is 2.39 bits per heavy atom. The molecule has 5 nitrogen and oxygen atoms in total. The van der Waals surface area contributed by atoms with E-state index in [0.717, 1.165) is 5.56 Å². The van der Waals surface area contributed by atoms with Gasteiger partial charge < -0.3 is 15.8 Å². The van der Waals surface area contributed by atoms with Crippen LogP contribution in [0.25, 0.3) is 0 Å². The third-order valence-corrected chi connectivity index (χ3v) is 2.64. The molecule has 0 spiro atoms. The lowest BCUT2D eigenvalue weighted by Gasteiger charge is -2.19. The number of benzene rings is 1. The van der Waals surface area contributed by atoms with E-state index in [2.05, 4.69) is 5.32 Å². The van der Waals surface area contributed by atoms with Crippen molar-refractivity contribution in [1.82, 2.24) is 5.32 Å². The average Bonchev–Trinajstić information content (AvgIpc) is 2.37. The second kappa shape index (κ2) is 6.76. The zero-order chi connectivity index (χ0) is 13.5. The molecule has 18 heavy (non-hydrogen) atoms. The molecule has 0 aromatic heterocycles. The van der Waals surface area contributed by atoms with Crippen LogP contribution >= 0.6 is 0 Å². The summed E-state index contributed by atoms with van der Waals surface area (Å²) >= 11 is 0. The molecule has 0 saturated heterocycles. The van der Waals surface area contributed by atoms with Gasteiger partial charge in [0.1, 0.15) is 6.04 Å². The van der Waals surface area contributed by atoms with Crippen molar-refractivity contribution in [2.45, 2.75) is 25.5 Å². The minimum atomic E-state index is -0.736. The van der Waals surface area contributed by atoms with E-state index in [1.54, 1.807) is 19.1 Å². The normalized spacial score (nSPS) is 13.7. The molecule has 1 rings (SSSR count). The molecule has 5 heteroatoms. The van der Waals surface area contributed by atoms with Crippen LogP contribution in [0.1, 0.15) is 25.0 Å². The van der Waals surface area contributed by atoms with E-state index in [1.807, 2.05) is 18.2 Å². The van der Waals surface area contributed by atoms with Gasteiger partial charge in [-0.05, 0) is 12.0 Å². The molecule has 0 saturated carbocycles. The van der Waals surface area contributed by atoms with Gasteiger partial charge in [-0.3, -0.25) is 9.59 Å². The predicted molar refractivity (Wildman–Crippen MR) is 67.6 cm³/mol.